The molecule has 3 atom stereocenters. The zero-order chi connectivity index (χ0) is 19.3. The summed E-state index contributed by atoms with van der Waals surface area (Å²) in [6.45, 7) is 11.7. The van der Waals surface area contributed by atoms with Crippen LogP contribution in [0.4, 0.5) is 0 Å². The van der Waals surface area contributed by atoms with Crippen LogP contribution in [0.15, 0.2) is 35.5 Å². The van der Waals surface area contributed by atoms with E-state index in [0.717, 1.165) is 17.8 Å². The van der Waals surface area contributed by atoms with Gasteiger partial charge in [0.15, 0.2) is 0 Å². The van der Waals surface area contributed by atoms with Crippen molar-refractivity contribution in [2.45, 2.75) is 118 Å². The quantitative estimate of drug-likeness (QED) is 0.316. The first-order valence-electron chi connectivity index (χ1n) is 12.1. The highest BCUT2D eigenvalue weighted by Crippen LogP contribution is 2.58. The Bertz CT molecular complexity index is 561. The van der Waals surface area contributed by atoms with E-state index in [9.17, 15) is 0 Å². The van der Waals surface area contributed by atoms with Gasteiger partial charge in [0.25, 0.3) is 0 Å². The smallest absolute Gasteiger partial charge is 0.0143 e. The minimum atomic E-state index is 0. The molecule has 0 nitrogen and oxygen atoms in total. The summed E-state index contributed by atoms with van der Waals surface area (Å²) >= 11 is 0. The minimum absolute atomic E-state index is 0. The summed E-state index contributed by atoms with van der Waals surface area (Å²) in [6.07, 6.45) is 24.5. The van der Waals surface area contributed by atoms with Crippen molar-refractivity contribution in [2.24, 2.45) is 23.2 Å². The van der Waals surface area contributed by atoms with Crippen LogP contribution in [0.5, 0.6) is 0 Å². The number of allylic oxidation sites excluding steroid dienone is 5. The van der Waals surface area contributed by atoms with Crippen LogP contribution in [-0.2, 0) is 0 Å². The third kappa shape index (κ3) is 5.64. The highest BCUT2D eigenvalue weighted by atomic mass is 14.5. The molecule has 3 aliphatic carbocycles. The molecule has 0 amide bonds. The molecule has 0 radical (unpaired) electrons. The molecule has 3 fully saturated rings. The van der Waals surface area contributed by atoms with Crippen LogP contribution >= 0.6 is 0 Å². The summed E-state index contributed by atoms with van der Waals surface area (Å²) in [5.74, 6) is 2.70. The van der Waals surface area contributed by atoms with Crippen molar-refractivity contribution in [1.29, 1.82) is 0 Å². The Morgan fingerprint density at radius 2 is 1.79 bits per heavy atom. The van der Waals surface area contributed by atoms with Crippen molar-refractivity contribution < 1.29 is 0 Å². The van der Waals surface area contributed by atoms with E-state index in [1.54, 1.807) is 11.1 Å². The first-order valence-corrected chi connectivity index (χ1v) is 12.1. The van der Waals surface area contributed by atoms with Gasteiger partial charge in [-0.05, 0) is 93.0 Å². The Hall–Kier alpha value is -0.780. The lowest BCUT2D eigenvalue weighted by Crippen LogP contribution is -2.33. The molecule has 3 rings (SSSR count). The first-order chi connectivity index (χ1) is 13.0. The Kier molecular flexibility index (Phi) is 9.10. The predicted molar refractivity (Wildman–Crippen MR) is 127 cm³/mol. The van der Waals surface area contributed by atoms with Crippen molar-refractivity contribution in [3.8, 4) is 0 Å². The normalized spacial score (nSPS) is 33.8. The minimum Gasteiger partial charge on any atom is -0.0956 e. The zero-order valence-electron chi connectivity index (χ0n) is 18.5. The van der Waals surface area contributed by atoms with E-state index < -0.39 is 0 Å². The fraction of sp³-hybridized carbons (Fsp3) is 0.786. The lowest BCUT2D eigenvalue weighted by molar-refractivity contribution is 0.127. The predicted octanol–water partition coefficient (Wildman–Crippen LogP) is 9.43. The van der Waals surface area contributed by atoms with Gasteiger partial charge in [0, 0.05) is 0 Å². The van der Waals surface area contributed by atoms with E-state index in [2.05, 4.69) is 39.5 Å². The lowest BCUT2D eigenvalue weighted by Gasteiger charge is -2.42. The van der Waals surface area contributed by atoms with Crippen molar-refractivity contribution in [3.05, 3.63) is 35.5 Å². The molecular weight excluding hydrogens is 336 g/mol. The molecule has 0 spiro atoms. The van der Waals surface area contributed by atoms with Crippen LogP contribution in [0.3, 0.4) is 0 Å². The number of rotatable bonds is 6. The summed E-state index contributed by atoms with van der Waals surface area (Å²) in [7, 11) is 0. The van der Waals surface area contributed by atoms with E-state index in [-0.39, 0.29) is 7.43 Å². The number of hydrogen-bond donors (Lipinski definition) is 0. The molecule has 0 heteroatoms. The summed E-state index contributed by atoms with van der Waals surface area (Å²) < 4.78 is 0. The van der Waals surface area contributed by atoms with Crippen molar-refractivity contribution >= 4 is 0 Å². The van der Waals surface area contributed by atoms with Gasteiger partial charge in [0.1, 0.15) is 0 Å². The van der Waals surface area contributed by atoms with E-state index in [0.29, 0.717) is 5.41 Å². The molecule has 3 unspecified atom stereocenters. The Labute approximate surface area is 177 Å². The average Bonchev–Trinajstić information content (AvgIpc) is 2.83. The standard InChI is InChI=1S/C27H44.CH4/c1-21(2)11-8-9-15-25-18-19-26-24(14-10-20-27(25,26)4)17-16-23-13-7-5-6-12-22(23)3;/h16-17,21,25-26H,3,5-15,18-20H2,1-2,4H3;1H4/b23-16-,24-17+;. The molecule has 0 aromatic rings. The summed E-state index contributed by atoms with van der Waals surface area (Å²) in [6, 6.07) is 0. The van der Waals surface area contributed by atoms with Crippen LogP contribution in [0, 0.1) is 23.2 Å². The third-order valence-corrected chi connectivity index (χ3v) is 8.12. The van der Waals surface area contributed by atoms with E-state index in [1.165, 1.54) is 95.5 Å². The van der Waals surface area contributed by atoms with Gasteiger partial charge >= 0.3 is 0 Å². The van der Waals surface area contributed by atoms with Gasteiger partial charge < -0.3 is 0 Å². The topological polar surface area (TPSA) is 0 Å². The largest absolute Gasteiger partial charge is 0.0956 e. The number of fused-ring (bicyclic) bond motifs is 1. The van der Waals surface area contributed by atoms with E-state index in [1.807, 2.05) is 0 Å². The molecule has 0 heterocycles. The fourth-order valence-electron chi connectivity index (χ4n) is 6.34. The average molecular weight is 385 g/mol. The van der Waals surface area contributed by atoms with Gasteiger partial charge in [-0.15, -0.1) is 0 Å². The molecule has 0 saturated heterocycles. The van der Waals surface area contributed by atoms with Crippen LogP contribution in [-0.4, -0.2) is 0 Å². The maximum absolute atomic E-state index is 4.37. The van der Waals surface area contributed by atoms with E-state index >= 15 is 0 Å². The number of hydrogen-bond acceptors (Lipinski definition) is 0. The van der Waals surface area contributed by atoms with Gasteiger partial charge in [0.05, 0.1) is 0 Å². The Morgan fingerprint density at radius 1 is 1.00 bits per heavy atom. The highest BCUT2D eigenvalue weighted by Gasteiger charge is 2.48. The van der Waals surface area contributed by atoms with Gasteiger partial charge in [-0.1, -0.05) is 83.8 Å². The maximum Gasteiger partial charge on any atom is -0.0143 e. The van der Waals surface area contributed by atoms with Crippen LogP contribution in [0.2, 0.25) is 0 Å². The van der Waals surface area contributed by atoms with Crippen LogP contribution < -0.4 is 0 Å². The zero-order valence-corrected chi connectivity index (χ0v) is 18.5. The molecule has 3 aliphatic rings. The second-order valence-electron chi connectivity index (χ2n) is 10.5. The molecule has 3 saturated carbocycles. The molecule has 0 aromatic heterocycles. The number of unbranched alkanes of at least 4 members (excludes halogenated alkanes) is 1. The highest BCUT2D eigenvalue weighted by molar-refractivity contribution is 5.34. The van der Waals surface area contributed by atoms with Gasteiger partial charge in [0.2, 0.25) is 0 Å². The molecule has 0 aliphatic heterocycles. The van der Waals surface area contributed by atoms with Crippen molar-refractivity contribution in [3.63, 3.8) is 0 Å². The van der Waals surface area contributed by atoms with E-state index in [4.69, 9.17) is 0 Å². The lowest BCUT2D eigenvalue weighted by atomic mass is 9.62. The second kappa shape index (κ2) is 10.8. The van der Waals surface area contributed by atoms with Gasteiger partial charge in [-0.2, -0.15) is 0 Å². The van der Waals surface area contributed by atoms with Gasteiger partial charge in [-0.25, -0.2) is 0 Å². The molecule has 160 valence electrons. The van der Waals surface area contributed by atoms with Gasteiger partial charge in [-0.3, -0.25) is 0 Å². The summed E-state index contributed by atoms with van der Waals surface area (Å²) in [5.41, 5.74) is 5.33. The summed E-state index contributed by atoms with van der Waals surface area (Å²) in [4.78, 5) is 0. The molecule has 0 N–H and O–H groups in total. The first kappa shape index (κ1) is 23.5. The van der Waals surface area contributed by atoms with Crippen molar-refractivity contribution in [1.82, 2.24) is 0 Å². The molecular formula is C28H48. The molecule has 0 bridgehead atoms. The van der Waals surface area contributed by atoms with Crippen LogP contribution in [0.25, 0.3) is 0 Å². The second-order valence-corrected chi connectivity index (χ2v) is 10.5. The monoisotopic (exact) mass is 384 g/mol. The van der Waals surface area contributed by atoms with Crippen LogP contribution in [0.1, 0.15) is 118 Å². The Morgan fingerprint density at radius 3 is 2.57 bits per heavy atom. The molecule has 28 heavy (non-hydrogen) atoms. The third-order valence-electron chi connectivity index (χ3n) is 8.12. The molecule has 0 aromatic carbocycles. The summed E-state index contributed by atoms with van der Waals surface area (Å²) in [5, 5.41) is 0. The SMILES string of the molecule is C.C=C1CCCCC/C1=C/C=C1\CCCC2(C)C(CCCCC(C)C)CCC12. The maximum atomic E-state index is 4.37. The fourth-order valence-corrected chi connectivity index (χ4v) is 6.34. The Balaban J connectivity index is 0.00000280. The van der Waals surface area contributed by atoms with Crippen molar-refractivity contribution in [2.75, 3.05) is 0 Å².